The van der Waals surface area contributed by atoms with Gasteiger partial charge in [0, 0.05) is 22.2 Å². The highest BCUT2D eigenvalue weighted by molar-refractivity contribution is 7.20. The monoisotopic (exact) mass is 399 g/mol. The van der Waals surface area contributed by atoms with Crippen molar-refractivity contribution >= 4 is 44.7 Å². The second kappa shape index (κ2) is 7.81. The highest BCUT2D eigenvalue weighted by Crippen LogP contribution is 2.28. The van der Waals surface area contributed by atoms with Gasteiger partial charge in [0.15, 0.2) is 6.61 Å². The number of carbonyl (C=O) groups excluding carboxylic acids is 2. The lowest BCUT2D eigenvalue weighted by molar-refractivity contribution is -0.384. The van der Waals surface area contributed by atoms with Gasteiger partial charge >= 0.3 is 5.97 Å². The summed E-state index contributed by atoms with van der Waals surface area (Å²) in [6.45, 7) is -0.641. The molecule has 10 heteroatoms. The molecule has 3 rings (SSSR count). The third-order valence-electron chi connectivity index (χ3n) is 3.65. The summed E-state index contributed by atoms with van der Waals surface area (Å²) in [7, 11) is 0. The largest absolute Gasteiger partial charge is 0.451 e. The molecule has 0 saturated carbocycles. The van der Waals surface area contributed by atoms with Crippen molar-refractivity contribution in [1.82, 2.24) is 0 Å². The number of fused-ring (bicyclic) bond motifs is 1. The van der Waals surface area contributed by atoms with Crippen molar-refractivity contribution in [3.63, 3.8) is 0 Å². The first-order valence-corrected chi connectivity index (χ1v) is 8.54. The Kier molecular flexibility index (Phi) is 5.28. The molecule has 2 aromatic carbocycles. The quantitative estimate of drug-likeness (QED) is 0.397. The number of anilines is 1. The molecule has 0 unspecified atom stereocenters. The number of esters is 1. The number of non-ortho nitro benzene ring substituents is 1. The van der Waals surface area contributed by atoms with Crippen LogP contribution < -0.4 is 5.32 Å². The van der Waals surface area contributed by atoms with Gasteiger partial charge in [0.25, 0.3) is 11.6 Å². The lowest BCUT2D eigenvalue weighted by atomic mass is 10.1. The summed E-state index contributed by atoms with van der Waals surface area (Å²) >= 11 is 1.03. The summed E-state index contributed by atoms with van der Waals surface area (Å²) in [5.74, 6) is -1.99. The molecule has 140 valence electrons. The minimum atomic E-state index is -0.792. The Morgan fingerprint density at radius 2 is 2.07 bits per heavy atom. The van der Waals surface area contributed by atoms with Crippen molar-refractivity contribution in [3.8, 4) is 6.07 Å². The first-order chi connectivity index (χ1) is 13.4. The van der Waals surface area contributed by atoms with Crippen LogP contribution in [0.2, 0.25) is 0 Å². The molecule has 0 fully saturated rings. The van der Waals surface area contributed by atoms with Gasteiger partial charge in [-0.05, 0) is 24.3 Å². The van der Waals surface area contributed by atoms with Gasteiger partial charge in [0.2, 0.25) is 0 Å². The van der Waals surface area contributed by atoms with E-state index < -0.39 is 29.2 Å². The average molecular weight is 399 g/mol. The first-order valence-electron chi connectivity index (χ1n) is 7.72. The molecular weight excluding hydrogens is 389 g/mol. The van der Waals surface area contributed by atoms with Gasteiger partial charge in [-0.25, -0.2) is 9.18 Å². The number of halogens is 1. The minimum absolute atomic E-state index is 0.0538. The molecule has 28 heavy (non-hydrogen) atoms. The standard InChI is InChI=1S/C18H10FN3O5S/c19-13-2-1-3-15-12(13)7-16(28-15)18(24)27-9-17(23)21-14-5-4-11(22(25)26)6-10(14)8-20/h1-7H,9H2,(H,21,23). The van der Waals surface area contributed by atoms with E-state index in [4.69, 9.17) is 10.00 Å². The molecule has 0 aliphatic carbocycles. The molecule has 8 nitrogen and oxygen atoms in total. The number of rotatable bonds is 5. The molecule has 1 amide bonds. The zero-order valence-electron chi connectivity index (χ0n) is 14.0. The van der Waals surface area contributed by atoms with Crippen LogP contribution in [0.5, 0.6) is 0 Å². The van der Waals surface area contributed by atoms with E-state index in [1.54, 1.807) is 12.1 Å². The molecule has 1 N–H and O–H groups in total. The van der Waals surface area contributed by atoms with Crippen LogP contribution in [-0.2, 0) is 9.53 Å². The second-order valence-electron chi connectivity index (χ2n) is 5.49. The smallest absolute Gasteiger partial charge is 0.348 e. The van der Waals surface area contributed by atoms with E-state index in [-0.39, 0.29) is 27.2 Å². The van der Waals surface area contributed by atoms with Gasteiger partial charge in [-0.15, -0.1) is 11.3 Å². The fraction of sp³-hybridized carbons (Fsp3) is 0.0556. The van der Waals surface area contributed by atoms with E-state index >= 15 is 0 Å². The van der Waals surface area contributed by atoms with Gasteiger partial charge < -0.3 is 10.1 Å². The lowest BCUT2D eigenvalue weighted by Gasteiger charge is -2.07. The molecular formula is C18H10FN3O5S. The Balaban J connectivity index is 1.65. The Bertz CT molecular complexity index is 1150. The molecule has 3 aromatic rings. The molecule has 0 saturated heterocycles. The van der Waals surface area contributed by atoms with E-state index in [1.807, 2.05) is 0 Å². The highest BCUT2D eigenvalue weighted by atomic mass is 32.1. The SMILES string of the molecule is N#Cc1cc([N+](=O)[O-])ccc1NC(=O)COC(=O)c1cc2c(F)cccc2s1. The van der Waals surface area contributed by atoms with E-state index in [1.165, 1.54) is 24.3 Å². The predicted octanol–water partition coefficient (Wildman–Crippen LogP) is 3.62. The van der Waals surface area contributed by atoms with Crippen LogP contribution in [0.4, 0.5) is 15.8 Å². The Hall–Kier alpha value is -3.84. The molecule has 1 heterocycles. The number of benzene rings is 2. The van der Waals surface area contributed by atoms with Crippen molar-refractivity contribution in [2.45, 2.75) is 0 Å². The summed E-state index contributed by atoms with van der Waals surface area (Å²) in [5, 5.41) is 22.4. The predicted molar refractivity (Wildman–Crippen MR) is 98.5 cm³/mol. The summed E-state index contributed by atoms with van der Waals surface area (Å²) in [5.41, 5.74) is -0.343. The number of nitro benzene ring substituents is 1. The van der Waals surface area contributed by atoms with Gasteiger partial charge in [0.05, 0.1) is 16.2 Å². The van der Waals surface area contributed by atoms with E-state index in [2.05, 4.69) is 5.32 Å². The summed E-state index contributed by atoms with van der Waals surface area (Å²) in [6.07, 6.45) is 0. The zero-order valence-corrected chi connectivity index (χ0v) is 14.8. The van der Waals surface area contributed by atoms with Crippen LogP contribution in [-0.4, -0.2) is 23.4 Å². The number of amides is 1. The third kappa shape index (κ3) is 3.94. The molecule has 0 bridgehead atoms. The van der Waals surface area contributed by atoms with Gasteiger partial charge in [-0.3, -0.25) is 14.9 Å². The van der Waals surface area contributed by atoms with Crippen molar-refractivity contribution in [2.75, 3.05) is 11.9 Å². The molecule has 0 aliphatic heterocycles. The fourth-order valence-electron chi connectivity index (χ4n) is 2.36. The number of nitriles is 1. The third-order valence-corrected chi connectivity index (χ3v) is 4.73. The van der Waals surface area contributed by atoms with Crippen molar-refractivity contribution < 1.29 is 23.6 Å². The molecule has 0 radical (unpaired) electrons. The number of thiophene rings is 1. The topological polar surface area (TPSA) is 122 Å². The number of hydrogen-bond acceptors (Lipinski definition) is 7. The number of nitrogens with one attached hydrogen (secondary N) is 1. The molecule has 0 spiro atoms. The maximum absolute atomic E-state index is 13.7. The summed E-state index contributed by atoms with van der Waals surface area (Å²) < 4.78 is 19.2. The van der Waals surface area contributed by atoms with Gasteiger partial charge in [-0.2, -0.15) is 5.26 Å². The number of ether oxygens (including phenoxy) is 1. The van der Waals surface area contributed by atoms with Crippen molar-refractivity contribution in [1.29, 1.82) is 5.26 Å². The normalized spacial score (nSPS) is 10.3. The number of carbonyl (C=O) groups is 2. The Morgan fingerprint density at radius 3 is 2.75 bits per heavy atom. The lowest BCUT2D eigenvalue weighted by Crippen LogP contribution is -2.21. The second-order valence-corrected chi connectivity index (χ2v) is 6.57. The first kappa shape index (κ1) is 18.9. The molecule has 0 atom stereocenters. The van der Waals surface area contributed by atoms with Crippen LogP contribution in [0, 0.1) is 27.3 Å². The van der Waals surface area contributed by atoms with Gasteiger partial charge in [-0.1, -0.05) is 6.07 Å². The van der Waals surface area contributed by atoms with Crippen LogP contribution in [0.25, 0.3) is 10.1 Å². The Morgan fingerprint density at radius 1 is 1.29 bits per heavy atom. The van der Waals surface area contributed by atoms with Crippen LogP contribution >= 0.6 is 11.3 Å². The molecule has 0 aliphatic rings. The number of nitro groups is 1. The van der Waals surface area contributed by atoms with Crippen molar-refractivity contribution in [3.05, 3.63) is 68.8 Å². The van der Waals surface area contributed by atoms with E-state index in [9.17, 15) is 24.1 Å². The van der Waals surface area contributed by atoms with Crippen LogP contribution in [0.1, 0.15) is 15.2 Å². The van der Waals surface area contributed by atoms with Crippen LogP contribution in [0.15, 0.2) is 42.5 Å². The minimum Gasteiger partial charge on any atom is -0.451 e. The zero-order chi connectivity index (χ0) is 20.3. The van der Waals surface area contributed by atoms with E-state index in [0.29, 0.717) is 4.70 Å². The maximum atomic E-state index is 13.7. The average Bonchev–Trinajstić information content (AvgIpc) is 3.12. The summed E-state index contributed by atoms with van der Waals surface area (Å²) in [4.78, 5) is 34.3. The Labute approximate surface area is 160 Å². The summed E-state index contributed by atoms with van der Waals surface area (Å²) in [6, 6.07) is 10.9. The van der Waals surface area contributed by atoms with Gasteiger partial charge in [0.1, 0.15) is 16.8 Å². The number of hydrogen-bond donors (Lipinski definition) is 1. The van der Waals surface area contributed by atoms with Crippen LogP contribution in [0.3, 0.4) is 0 Å². The fourth-order valence-corrected chi connectivity index (χ4v) is 3.33. The number of nitrogens with zero attached hydrogens (tertiary/aromatic N) is 2. The van der Waals surface area contributed by atoms with Crippen molar-refractivity contribution in [2.24, 2.45) is 0 Å². The maximum Gasteiger partial charge on any atom is 0.348 e. The molecule has 1 aromatic heterocycles. The highest BCUT2D eigenvalue weighted by Gasteiger charge is 2.17. The van der Waals surface area contributed by atoms with E-state index in [0.717, 1.165) is 23.5 Å².